The van der Waals surface area contributed by atoms with Crippen LogP contribution in [-0.4, -0.2) is 10.9 Å². The number of rotatable bonds is 3. The minimum atomic E-state index is -0.182. The third-order valence-corrected chi connectivity index (χ3v) is 5.48. The molecule has 0 spiro atoms. The van der Waals surface area contributed by atoms with Gasteiger partial charge in [0.15, 0.2) is 0 Å². The number of carbonyl (C=O) groups excluding carboxylic acids is 1. The van der Waals surface area contributed by atoms with Crippen LogP contribution in [-0.2, 0) is 0 Å². The summed E-state index contributed by atoms with van der Waals surface area (Å²) in [6.07, 6.45) is 0. The lowest BCUT2D eigenvalue weighted by atomic mass is 10.0. The van der Waals surface area contributed by atoms with E-state index >= 15 is 0 Å². The zero-order valence-electron chi connectivity index (χ0n) is 16.0. The number of halogens is 1. The van der Waals surface area contributed by atoms with Gasteiger partial charge in [-0.05, 0) is 29.7 Å². The van der Waals surface area contributed by atoms with Crippen LogP contribution in [0.5, 0.6) is 0 Å². The largest absolute Gasteiger partial charge is 0.321 e. The van der Waals surface area contributed by atoms with Crippen LogP contribution >= 0.6 is 11.6 Å². The van der Waals surface area contributed by atoms with E-state index in [4.69, 9.17) is 16.6 Å². The van der Waals surface area contributed by atoms with Crippen LogP contribution in [0.3, 0.4) is 0 Å². The fourth-order valence-electron chi connectivity index (χ4n) is 3.69. The van der Waals surface area contributed by atoms with Gasteiger partial charge < -0.3 is 5.32 Å². The van der Waals surface area contributed by atoms with Crippen LogP contribution in [0.15, 0.2) is 97.1 Å². The molecule has 1 heterocycles. The van der Waals surface area contributed by atoms with Crippen molar-refractivity contribution in [1.82, 2.24) is 4.98 Å². The van der Waals surface area contributed by atoms with Gasteiger partial charge in [-0.2, -0.15) is 0 Å². The molecular weight excluding hydrogens is 392 g/mol. The number of aromatic nitrogens is 1. The first kappa shape index (κ1) is 18.3. The minimum absolute atomic E-state index is 0.182. The van der Waals surface area contributed by atoms with Crippen LogP contribution < -0.4 is 5.32 Å². The highest BCUT2D eigenvalue weighted by atomic mass is 35.5. The number of carbonyl (C=O) groups is 1. The van der Waals surface area contributed by atoms with E-state index in [0.717, 1.165) is 32.9 Å². The monoisotopic (exact) mass is 408 g/mol. The Hall–Kier alpha value is -3.69. The first-order chi connectivity index (χ1) is 14.7. The van der Waals surface area contributed by atoms with Gasteiger partial charge in [-0.25, -0.2) is 4.98 Å². The molecule has 3 nitrogen and oxygen atoms in total. The Balaban J connectivity index is 1.64. The molecule has 4 heteroatoms. The summed E-state index contributed by atoms with van der Waals surface area (Å²) in [5, 5.41) is 6.56. The molecule has 1 amide bonds. The van der Waals surface area contributed by atoms with Gasteiger partial charge in [-0.3, -0.25) is 4.79 Å². The summed E-state index contributed by atoms with van der Waals surface area (Å²) >= 11 is 6.40. The number of fused-ring (bicyclic) bond motifs is 2. The van der Waals surface area contributed by atoms with Gasteiger partial charge in [0.25, 0.3) is 5.91 Å². The van der Waals surface area contributed by atoms with E-state index in [0.29, 0.717) is 16.3 Å². The predicted molar refractivity (Wildman–Crippen MR) is 124 cm³/mol. The molecule has 0 atom stereocenters. The zero-order valence-corrected chi connectivity index (χ0v) is 16.7. The van der Waals surface area contributed by atoms with Crippen molar-refractivity contribution in [1.29, 1.82) is 0 Å². The van der Waals surface area contributed by atoms with Crippen LogP contribution in [0.4, 0.5) is 5.69 Å². The fourth-order valence-corrected chi connectivity index (χ4v) is 3.93. The van der Waals surface area contributed by atoms with Crippen molar-refractivity contribution in [2.75, 3.05) is 5.32 Å². The molecular formula is C26H17ClN2O. The number of benzene rings is 4. The number of pyridine rings is 1. The molecule has 30 heavy (non-hydrogen) atoms. The van der Waals surface area contributed by atoms with Crippen LogP contribution in [0.1, 0.15) is 10.4 Å². The zero-order chi connectivity index (χ0) is 20.5. The van der Waals surface area contributed by atoms with Crippen molar-refractivity contribution in [2.24, 2.45) is 0 Å². The van der Waals surface area contributed by atoms with Crippen LogP contribution in [0, 0.1) is 0 Å². The molecule has 0 saturated heterocycles. The highest BCUT2D eigenvalue weighted by Crippen LogP contribution is 2.31. The summed E-state index contributed by atoms with van der Waals surface area (Å²) in [7, 11) is 0. The Kier molecular flexibility index (Phi) is 4.66. The highest BCUT2D eigenvalue weighted by Gasteiger charge is 2.16. The summed E-state index contributed by atoms with van der Waals surface area (Å²) in [6.45, 7) is 0. The minimum Gasteiger partial charge on any atom is -0.321 e. The van der Waals surface area contributed by atoms with E-state index in [2.05, 4.69) is 5.32 Å². The van der Waals surface area contributed by atoms with Crippen molar-refractivity contribution in [3.05, 3.63) is 108 Å². The van der Waals surface area contributed by atoms with Crippen molar-refractivity contribution >= 4 is 44.9 Å². The maximum absolute atomic E-state index is 13.4. The summed E-state index contributed by atoms with van der Waals surface area (Å²) in [6, 6.07) is 30.8. The number of para-hydroxylation sites is 1. The van der Waals surface area contributed by atoms with Gasteiger partial charge in [0.1, 0.15) is 0 Å². The van der Waals surface area contributed by atoms with Gasteiger partial charge in [0, 0.05) is 27.0 Å². The number of nitrogens with zero attached hydrogens (tertiary/aromatic N) is 1. The van der Waals surface area contributed by atoms with E-state index in [1.807, 2.05) is 97.1 Å². The molecule has 0 aliphatic heterocycles. The lowest BCUT2D eigenvalue weighted by Gasteiger charge is -2.12. The van der Waals surface area contributed by atoms with Gasteiger partial charge in [-0.1, -0.05) is 84.4 Å². The Morgan fingerprint density at radius 3 is 2.33 bits per heavy atom. The normalized spacial score (nSPS) is 11.0. The first-order valence-electron chi connectivity index (χ1n) is 9.64. The maximum Gasteiger partial charge on any atom is 0.256 e. The molecule has 1 N–H and O–H groups in total. The fraction of sp³-hybridized carbons (Fsp3) is 0. The number of hydrogen-bond donors (Lipinski definition) is 1. The molecule has 0 bridgehead atoms. The van der Waals surface area contributed by atoms with Crippen molar-refractivity contribution in [3.8, 4) is 11.3 Å². The summed E-state index contributed by atoms with van der Waals surface area (Å²) in [4.78, 5) is 18.1. The van der Waals surface area contributed by atoms with E-state index < -0.39 is 0 Å². The van der Waals surface area contributed by atoms with E-state index in [1.165, 1.54) is 0 Å². The molecule has 0 aliphatic carbocycles. The summed E-state index contributed by atoms with van der Waals surface area (Å²) in [5.41, 5.74) is 3.55. The molecule has 1 aromatic heterocycles. The summed E-state index contributed by atoms with van der Waals surface area (Å²) < 4.78 is 0. The standard InChI is InChI=1S/C26H17ClN2O/c27-22-13-5-3-12-20(22)25-16-21(19-11-4-6-14-24(19)28-25)26(30)29-23-15-7-9-17-8-1-2-10-18(17)23/h1-16H,(H,29,30). The van der Waals surface area contributed by atoms with Crippen molar-refractivity contribution in [2.45, 2.75) is 0 Å². The van der Waals surface area contributed by atoms with Crippen molar-refractivity contribution in [3.63, 3.8) is 0 Å². The number of amides is 1. The average Bonchev–Trinajstić information content (AvgIpc) is 2.79. The van der Waals surface area contributed by atoms with Gasteiger partial charge >= 0.3 is 0 Å². The molecule has 0 radical (unpaired) electrons. The van der Waals surface area contributed by atoms with Crippen LogP contribution in [0.2, 0.25) is 5.02 Å². The van der Waals surface area contributed by atoms with E-state index in [1.54, 1.807) is 0 Å². The second-order valence-electron chi connectivity index (χ2n) is 7.03. The molecule has 4 aromatic carbocycles. The lowest BCUT2D eigenvalue weighted by molar-refractivity contribution is 0.102. The second kappa shape index (κ2) is 7.62. The summed E-state index contributed by atoms with van der Waals surface area (Å²) in [5.74, 6) is -0.182. The van der Waals surface area contributed by atoms with Gasteiger partial charge in [0.05, 0.1) is 16.8 Å². The predicted octanol–water partition coefficient (Wildman–Crippen LogP) is 6.96. The quantitative estimate of drug-likeness (QED) is 0.350. The Morgan fingerprint density at radius 1 is 0.767 bits per heavy atom. The maximum atomic E-state index is 13.4. The molecule has 0 saturated carbocycles. The molecule has 0 fully saturated rings. The second-order valence-corrected chi connectivity index (χ2v) is 7.44. The Labute approximate surface area is 179 Å². The third-order valence-electron chi connectivity index (χ3n) is 5.15. The smallest absolute Gasteiger partial charge is 0.256 e. The van der Waals surface area contributed by atoms with Crippen LogP contribution in [0.25, 0.3) is 32.9 Å². The molecule has 0 unspecified atom stereocenters. The molecule has 144 valence electrons. The lowest BCUT2D eigenvalue weighted by Crippen LogP contribution is -2.13. The number of nitrogens with one attached hydrogen (secondary N) is 1. The van der Waals surface area contributed by atoms with Gasteiger partial charge in [-0.15, -0.1) is 0 Å². The van der Waals surface area contributed by atoms with E-state index in [-0.39, 0.29) is 5.91 Å². The molecule has 5 aromatic rings. The SMILES string of the molecule is O=C(Nc1cccc2ccccc12)c1cc(-c2ccccc2Cl)nc2ccccc12. The average molecular weight is 409 g/mol. The third kappa shape index (κ3) is 3.30. The topological polar surface area (TPSA) is 42.0 Å². The van der Waals surface area contributed by atoms with E-state index in [9.17, 15) is 4.79 Å². The highest BCUT2D eigenvalue weighted by molar-refractivity contribution is 6.33. The number of anilines is 1. The molecule has 0 aliphatic rings. The molecule has 5 rings (SSSR count). The Morgan fingerprint density at radius 2 is 1.47 bits per heavy atom. The van der Waals surface area contributed by atoms with Crippen molar-refractivity contribution < 1.29 is 4.79 Å². The Bertz CT molecular complexity index is 1410. The number of hydrogen-bond acceptors (Lipinski definition) is 2. The van der Waals surface area contributed by atoms with Gasteiger partial charge in [0.2, 0.25) is 0 Å². The first-order valence-corrected chi connectivity index (χ1v) is 10.0.